The predicted octanol–water partition coefficient (Wildman–Crippen LogP) is -4.53. The van der Waals surface area contributed by atoms with Crippen LogP contribution in [0.4, 0.5) is 0 Å². The Kier molecular flexibility index (Phi) is 7.25. The maximum absolute atomic E-state index is 10.7. The van der Waals surface area contributed by atoms with Crippen LogP contribution >= 0.6 is 0 Å². The van der Waals surface area contributed by atoms with E-state index in [0.29, 0.717) is 0 Å². The molecule has 0 aromatic heterocycles. The van der Waals surface area contributed by atoms with Gasteiger partial charge in [-0.3, -0.25) is 0 Å². The van der Waals surface area contributed by atoms with Crippen LogP contribution < -0.4 is 0 Å². The Balaban J connectivity index is 2.87. The molecule has 0 aliphatic carbocycles. The van der Waals surface area contributed by atoms with Gasteiger partial charge in [0.25, 0.3) is 0 Å². The summed E-state index contributed by atoms with van der Waals surface area (Å²) >= 11 is 0. The lowest BCUT2D eigenvalue weighted by Gasteiger charge is -2.41. The number of carbonyl (C=O) groups excluding carboxylic acids is 1. The van der Waals surface area contributed by atoms with E-state index in [2.05, 4.69) is 0 Å². The molecule has 1 fully saturated rings. The first-order valence-electron chi connectivity index (χ1n) is 6.70. The Morgan fingerprint density at radius 1 is 1.14 bits per heavy atom. The monoisotopic (exact) mass is 326 g/mol. The maximum Gasteiger partial charge on any atom is 0.187 e. The van der Waals surface area contributed by atoms with Gasteiger partial charge in [-0.15, -0.1) is 0 Å². The molecule has 0 aromatic carbocycles. The molecule has 0 saturated carbocycles. The van der Waals surface area contributed by atoms with E-state index in [4.69, 9.17) is 14.6 Å². The number of aldehydes is 1. The molecular weight excluding hydrogens is 304 g/mol. The van der Waals surface area contributed by atoms with E-state index in [1.54, 1.807) is 0 Å². The van der Waals surface area contributed by atoms with Gasteiger partial charge in [0.05, 0.1) is 12.7 Å². The van der Waals surface area contributed by atoms with Crippen molar-refractivity contribution in [3.05, 3.63) is 0 Å². The molecule has 10 nitrogen and oxygen atoms in total. The number of ether oxygens (including phenoxy) is 2. The molecule has 9 atom stereocenters. The minimum absolute atomic E-state index is 0.0297. The van der Waals surface area contributed by atoms with E-state index in [0.717, 1.165) is 0 Å². The van der Waals surface area contributed by atoms with Crippen molar-refractivity contribution in [2.24, 2.45) is 0 Å². The normalized spacial score (nSPS) is 38.1. The second-order valence-electron chi connectivity index (χ2n) is 5.15. The van der Waals surface area contributed by atoms with Gasteiger partial charge >= 0.3 is 0 Å². The van der Waals surface area contributed by atoms with Crippen LogP contribution in [0.15, 0.2) is 0 Å². The summed E-state index contributed by atoms with van der Waals surface area (Å²) in [7, 11) is 0. The lowest BCUT2D eigenvalue weighted by Crippen LogP contribution is -2.60. The summed E-state index contributed by atoms with van der Waals surface area (Å²) in [5.74, 6) is 0. The van der Waals surface area contributed by atoms with E-state index in [9.17, 15) is 35.4 Å². The number of rotatable bonds is 7. The van der Waals surface area contributed by atoms with Crippen LogP contribution in [0.5, 0.6) is 0 Å². The molecule has 1 heterocycles. The Morgan fingerprint density at radius 2 is 1.73 bits per heavy atom. The fourth-order valence-corrected chi connectivity index (χ4v) is 2.05. The Bertz CT molecular complexity index is 353. The van der Waals surface area contributed by atoms with Crippen LogP contribution in [0.25, 0.3) is 0 Å². The van der Waals surface area contributed by atoms with E-state index in [1.165, 1.54) is 6.92 Å². The number of aliphatic hydroxyl groups is 7. The van der Waals surface area contributed by atoms with Crippen molar-refractivity contribution in [1.29, 1.82) is 0 Å². The van der Waals surface area contributed by atoms with Crippen molar-refractivity contribution in [1.82, 2.24) is 0 Å². The van der Waals surface area contributed by atoms with E-state index < -0.39 is 61.7 Å². The summed E-state index contributed by atoms with van der Waals surface area (Å²) in [6, 6.07) is 0. The van der Waals surface area contributed by atoms with Gasteiger partial charge in [0.2, 0.25) is 0 Å². The highest BCUT2D eigenvalue weighted by Crippen LogP contribution is 2.24. The minimum atomic E-state index is -1.88. The smallest absolute Gasteiger partial charge is 0.187 e. The Hall–Kier alpha value is -0.690. The van der Waals surface area contributed by atoms with Crippen molar-refractivity contribution in [2.45, 2.75) is 62.0 Å². The molecule has 130 valence electrons. The summed E-state index contributed by atoms with van der Waals surface area (Å²) in [6.45, 7) is 0.526. The van der Waals surface area contributed by atoms with Gasteiger partial charge in [-0.1, -0.05) is 0 Å². The summed E-state index contributed by atoms with van der Waals surface area (Å²) in [4.78, 5) is 10.7. The number of hydrogen-bond acceptors (Lipinski definition) is 10. The number of hydrogen-bond donors (Lipinski definition) is 7. The first-order chi connectivity index (χ1) is 10.2. The first-order valence-corrected chi connectivity index (χ1v) is 6.70. The van der Waals surface area contributed by atoms with Gasteiger partial charge in [0.1, 0.15) is 42.7 Å². The van der Waals surface area contributed by atoms with Crippen molar-refractivity contribution in [3.63, 3.8) is 0 Å². The first kappa shape index (κ1) is 19.4. The van der Waals surface area contributed by atoms with Gasteiger partial charge < -0.3 is 50.0 Å². The van der Waals surface area contributed by atoms with Crippen LogP contribution in [0.3, 0.4) is 0 Å². The molecule has 1 aliphatic heterocycles. The van der Waals surface area contributed by atoms with Crippen molar-refractivity contribution >= 4 is 6.29 Å². The van der Waals surface area contributed by atoms with Crippen molar-refractivity contribution < 1.29 is 50.0 Å². The van der Waals surface area contributed by atoms with Crippen LogP contribution in [-0.4, -0.2) is 104 Å². The van der Waals surface area contributed by atoms with Crippen LogP contribution in [0.1, 0.15) is 6.92 Å². The van der Waals surface area contributed by atoms with E-state index in [-0.39, 0.29) is 6.29 Å². The molecule has 0 aromatic rings. The quantitative estimate of drug-likeness (QED) is 0.225. The van der Waals surface area contributed by atoms with Gasteiger partial charge in [-0.2, -0.15) is 0 Å². The SMILES string of the molecule is CC1OC(OC(C(O)C=O)C(O)C(O)CO)C(O)C(O)C1O. The molecule has 10 heteroatoms. The fraction of sp³-hybridized carbons (Fsp3) is 0.917. The fourth-order valence-electron chi connectivity index (χ4n) is 2.05. The molecule has 0 bridgehead atoms. The van der Waals surface area contributed by atoms with Gasteiger partial charge in [0, 0.05) is 0 Å². The second kappa shape index (κ2) is 8.24. The average Bonchev–Trinajstić information content (AvgIpc) is 2.52. The third kappa shape index (κ3) is 4.19. The Labute approximate surface area is 126 Å². The zero-order chi connectivity index (χ0) is 17.0. The molecule has 0 amide bonds. The number of aliphatic hydroxyl groups excluding tert-OH is 7. The van der Waals surface area contributed by atoms with E-state index in [1.807, 2.05) is 0 Å². The molecule has 22 heavy (non-hydrogen) atoms. The molecule has 7 N–H and O–H groups in total. The standard InChI is InChI=1S/C12H22O10/c1-4-7(17)9(19)10(20)12(21-4)22-11(6(16)3-14)8(18)5(15)2-13/h3-13,15-20H,2H2,1H3. The van der Waals surface area contributed by atoms with Gasteiger partial charge in [0.15, 0.2) is 12.6 Å². The van der Waals surface area contributed by atoms with Crippen LogP contribution in [-0.2, 0) is 14.3 Å². The molecule has 0 spiro atoms. The molecule has 1 aliphatic rings. The molecule has 1 saturated heterocycles. The summed E-state index contributed by atoms with van der Waals surface area (Å²) in [5.41, 5.74) is 0. The lowest BCUT2D eigenvalue weighted by atomic mass is 9.99. The molecule has 9 unspecified atom stereocenters. The minimum Gasteiger partial charge on any atom is -0.394 e. The molecule has 0 radical (unpaired) electrons. The van der Waals surface area contributed by atoms with Crippen LogP contribution in [0, 0.1) is 0 Å². The Morgan fingerprint density at radius 3 is 2.23 bits per heavy atom. The highest BCUT2D eigenvalue weighted by atomic mass is 16.7. The third-order valence-electron chi connectivity index (χ3n) is 3.49. The van der Waals surface area contributed by atoms with Gasteiger partial charge in [-0.05, 0) is 6.92 Å². The molecular formula is C12H22O10. The maximum atomic E-state index is 10.7. The lowest BCUT2D eigenvalue weighted by molar-refractivity contribution is -0.318. The molecule has 1 rings (SSSR count). The van der Waals surface area contributed by atoms with Crippen LogP contribution in [0.2, 0.25) is 0 Å². The summed E-state index contributed by atoms with van der Waals surface area (Å²) in [5, 5.41) is 66.5. The number of carbonyl (C=O) groups is 1. The summed E-state index contributed by atoms with van der Waals surface area (Å²) < 4.78 is 10.2. The van der Waals surface area contributed by atoms with Crippen molar-refractivity contribution in [3.8, 4) is 0 Å². The van der Waals surface area contributed by atoms with E-state index >= 15 is 0 Å². The topological polar surface area (TPSA) is 177 Å². The largest absolute Gasteiger partial charge is 0.394 e. The average molecular weight is 326 g/mol. The summed E-state index contributed by atoms with van der Waals surface area (Å²) in [6.07, 6.45) is -14.4. The van der Waals surface area contributed by atoms with Crippen molar-refractivity contribution in [2.75, 3.05) is 6.61 Å². The van der Waals surface area contributed by atoms with Gasteiger partial charge in [-0.25, -0.2) is 0 Å². The highest BCUT2D eigenvalue weighted by molar-refractivity contribution is 5.56. The zero-order valence-electron chi connectivity index (χ0n) is 11.8. The third-order valence-corrected chi connectivity index (χ3v) is 3.49. The highest BCUT2D eigenvalue weighted by Gasteiger charge is 2.45. The second-order valence-corrected chi connectivity index (χ2v) is 5.15. The predicted molar refractivity (Wildman–Crippen MR) is 68.4 cm³/mol. The zero-order valence-corrected chi connectivity index (χ0v) is 11.8.